The summed E-state index contributed by atoms with van der Waals surface area (Å²) in [4.78, 5) is 10.9. The van der Waals surface area contributed by atoms with Gasteiger partial charge in [-0.1, -0.05) is 0 Å². The molecule has 1 aromatic rings. The van der Waals surface area contributed by atoms with E-state index < -0.39 is 11.4 Å². The molecule has 0 bridgehead atoms. The lowest BCUT2D eigenvalue weighted by Crippen LogP contribution is -2.28. The molecule has 12 heavy (non-hydrogen) atoms. The Morgan fingerprint density at radius 2 is 2.08 bits per heavy atom. The monoisotopic (exact) mass is 184 g/mol. The number of carbonyl (C=O) groups is 1. The molecule has 0 atom stereocenters. The van der Waals surface area contributed by atoms with Crippen molar-refractivity contribution in [3.8, 4) is 0 Å². The first-order chi connectivity index (χ1) is 5.46. The molecule has 1 aromatic heterocycles. The van der Waals surface area contributed by atoms with Gasteiger partial charge in [0, 0.05) is 0 Å². The van der Waals surface area contributed by atoms with Crippen LogP contribution in [0.2, 0.25) is 0 Å². The average Bonchev–Trinajstić information content (AvgIpc) is 2.35. The summed E-state index contributed by atoms with van der Waals surface area (Å²) in [6.07, 6.45) is 0. The molecule has 1 heterocycles. The Morgan fingerprint density at radius 1 is 1.50 bits per heavy atom. The molecule has 0 radical (unpaired) electrons. The van der Waals surface area contributed by atoms with E-state index in [0.717, 1.165) is 11.1 Å². The van der Waals surface area contributed by atoms with E-state index in [9.17, 15) is 4.79 Å². The maximum Gasteiger partial charge on any atom is 0.313 e. The molecule has 0 aliphatic carbocycles. The van der Waals surface area contributed by atoms with Gasteiger partial charge in [-0.05, 0) is 42.7 Å². The molecule has 0 saturated carbocycles. The molecule has 0 spiro atoms. The third-order valence-electron chi connectivity index (χ3n) is 2.06. The second-order valence-electron chi connectivity index (χ2n) is 3.40. The molecule has 3 heteroatoms. The smallest absolute Gasteiger partial charge is 0.313 e. The van der Waals surface area contributed by atoms with Crippen molar-refractivity contribution in [2.75, 3.05) is 0 Å². The summed E-state index contributed by atoms with van der Waals surface area (Å²) in [5.74, 6) is -0.774. The number of thiophene rings is 1. The molecule has 0 saturated heterocycles. The quantitative estimate of drug-likeness (QED) is 0.766. The van der Waals surface area contributed by atoms with Crippen LogP contribution in [0.1, 0.15) is 25.0 Å². The van der Waals surface area contributed by atoms with E-state index in [4.69, 9.17) is 5.11 Å². The lowest BCUT2D eigenvalue weighted by Gasteiger charge is -2.18. The molecule has 1 rings (SSSR count). The van der Waals surface area contributed by atoms with Gasteiger partial charge in [0.15, 0.2) is 0 Å². The third kappa shape index (κ3) is 1.37. The molecule has 66 valence electrons. The van der Waals surface area contributed by atoms with Gasteiger partial charge in [-0.3, -0.25) is 4.79 Å². The fourth-order valence-electron chi connectivity index (χ4n) is 1.12. The van der Waals surface area contributed by atoms with Crippen LogP contribution in [0.25, 0.3) is 0 Å². The van der Waals surface area contributed by atoms with E-state index >= 15 is 0 Å². The maximum atomic E-state index is 10.9. The predicted molar refractivity (Wildman–Crippen MR) is 49.7 cm³/mol. The van der Waals surface area contributed by atoms with E-state index in [1.54, 1.807) is 25.2 Å². The molecule has 2 nitrogen and oxygen atoms in total. The normalized spacial score (nSPS) is 11.6. The summed E-state index contributed by atoms with van der Waals surface area (Å²) in [6.45, 7) is 5.39. The number of hydrogen-bond donors (Lipinski definition) is 1. The van der Waals surface area contributed by atoms with Crippen LogP contribution in [0.5, 0.6) is 0 Å². The van der Waals surface area contributed by atoms with Crippen molar-refractivity contribution in [3.05, 3.63) is 21.9 Å². The zero-order chi connectivity index (χ0) is 9.35. The Balaban J connectivity index is 3.13. The van der Waals surface area contributed by atoms with Crippen molar-refractivity contribution >= 4 is 17.3 Å². The van der Waals surface area contributed by atoms with E-state index in [-0.39, 0.29) is 0 Å². The number of hydrogen-bond acceptors (Lipinski definition) is 2. The molecule has 0 aromatic carbocycles. The highest BCUT2D eigenvalue weighted by molar-refractivity contribution is 7.08. The Kier molecular flexibility index (Phi) is 2.24. The average molecular weight is 184 g/mol. The van der Waals surface area contributed by atoms with Crippen LogP contribution in [-0.2, 0) is 10.2 Å². The summed E-state index contributed by atoms with van der Waals surface area (Å²) in [7, 11) is 0. The summed E-state index contributed by atoms with van der Waals surface area (Å²) in [6, 6.07) is 0. The summed E-state index contributed by atoms with van der Waals surface area (Å²) >= 11 is 1.55. The standard InChI is InChI=1S/C9H12O2S/c1-6-4-12-5-7(6)9(2,3)8(10)11/h4-5H,1-3H3,(H,10,11). The van der Waals surface area contributed by atoms with Gasteiger partial charge >= 0.3 is 5.97 Å². The van der Waals surface area contributed by atoms with Crippen molar-refractivity contribution in [1.29, 1.82) is 0 Å². The van der Waals surface area contributed by atoms with Gasteiger partial charge in [-0.2, -0.15) is 11.3 Å². The number of aliphatic carboxylic acids is 1. The van der Waals surface area contributed by atoms with E-state index in [0.29, 0.717) is 0 Å². The minimum absolute atomic E-state index is 0.760. The van der Waals surface area contributed by atoms with Crippen molar-refractivity contribution in [3.63, 3.8) is 0 Å². The molecule has 0 unspecified atom stereocenters. The molecular weight excluding hydrogens is 172 g/mol. The van der Waals surface area contributed by atoms with E-state index in [1.165, 1.54) is 0 Å². The molecule has 0 amide bonds. The SMILES string of the molecule is Cc1cscc1C(C)(C)C(=O)O. The fraction of sp³-hybridized carbons (Fsp3) is 0.444. The second-order valence-corrected chi connectivity index (χ2v) is 4.14. The number of aryl methyl sites for hydroxylation is 1. The highest BCUT2D eigenvalue weighted by atomic mass is 32.1. The number of rotatable bonds is 2. The Labute approximate surface area is 75.9 Å². The van der Waals surface area contributed by atoms with Crippen LogP contribution in [0.4, 0.5) is 0 Å². The lowest BCUT2D eigenvalue weighted by atomic mass is 9.85. The van der Waals surface area contributed by atoms with Crippen LogP contribution in [0.15, 0.2) is 10.8 Å². The molecule has 0 aliphatic rings. The molecule has 1 N–H and O–H groups in total. The van der Waals surface area contributed by atoms with Crippen LogP contribution < -0.4 is 0 Å². The van der Waals surface area contributed by atoms with Gasteiger partial charge in [-0.25, -0.2) is 0 Å². The van der Waals surface area contributed by atoms with Crippen LogP contribution in [-0.4, -0.2) is 11.1 Å². The zero-order valence-corrected chi connectivity index (χ0v) is 8.23. The van der Waals surface area contributed by atoms with Crippen molar-refractivity contribution in [2.24, 2.45) is 0 Å². The summed E-state index contributed by atoms with van der Waals surface area (Å²) in [5.41, 5.74) is 1.22. The topological polar surface area (TPSA) is 37.3 Å². The summed E-state index contributed by atoms with van der Waals surface area (Å²) in [5, 5.41) is 12.8. The molecule has 0 aliphatic heterocycles. The first-order valence-electron chi connectivity index (χ1n) is 3.73. The van der Waals surface area contributed by atoms with Gasteiger partial charge in [0.1, 0.15) is 0 Å². The highest BCUT2D eigenvalue weighted by Crippen LogP contribution is 2.28. The molecule has 0 fully saturated rings. The number of carboxylic acids is 1. The van der Waals surface area contributed by atoms with Crippen LogP contribution >= 0.6 is 11.3 Å². The minimum Gasteiger partial charge on any atom is -0.481 e. The van der Waals surface area contributed by atoms with Crippen molar-refractivity contribution < 1.29 is 9.90 Å². The lowest BCUT2D eigenvalue weighted by molar-refractivity contribution is -0.142. The van der Waals surface area contributed by atoms with Crippen LogP contribution in [0.3, 0.4) is 0 Å². The van der Waals surface area contributed by atoms with Gasteiger partial charge in [-0.15, -0.1) is 0 Å². The fourth-order valence-corrected chi connectivity index (χ4v) is 2.13. The maximum absolute atomic E-state index is 10.9. The second kappa shape index (κ2) is 2.90. The Morgan fingerprint density at radius 3 is 2.42 bits per heavy atom. The largest absolute Gasteiger partial charge is 0.481 e. The van der Waals surface area contributed by atoms with Gasteiger partial charge in [0.25, 0.3) is 0 Å². The summed E-state index contributed by atoms with van der Waals surface area (Å²) < 4.78 is 0. The third-order valence-corrected chi connectivity index (χ3v) is 2.92. The zero-order valence-electron chi connectivity index (χ0n) is 7.42. The molecular formula is C9H12O2S. The predicted octanol–water partition coefficient (Wildman–Crippen LogP) is 2.42. The van der Waals surface area contributed by atoms with E-state index in [2.05, 4.69) is 0 Å². The number of carboxylic acid groups (broad SMARTS) is 1. The van der Waals surface area contributed by atoms with Gasteiger partial charge in [0.2, 0.25) is 0 Å². The van der Waals surface area contributed by atoms with Crippen molar-refractivity contribution in [1.82, 2.24) is 0 Å². The Hall–Kier alpha value is -0.830. The first-order valence-corrected chi connectivity index (χ1v) is 4.67. The van der Waals surface area contributed by atoms with E-state index in [1.807, 2.05) is 17.7 Å². The van der Waals surface area contributed by atoms with Gasteiger partial charge < -0.3 is 5.11 Å². The first kappa shape index (κ1) is 9.26. The van der Waals surface area contributed by atoms with Crippen LogP contribution in [0, 0.1) is 6.92 Å². The Bertz CT molecular complexity index is 299. The van der Waals surface area contributed by atoms with Crippen molar-refractivity contribution in [2.45, 2.75) is 26.2 Å². The minimum atomic E-state index is -0.774. The van der Waals surface area contributed by atoms with Gasteiger partial charge in [0.05, 0.1) is 5.41 Å². The highest BCUT2D eigenvalue weighted by Gasteiger charge is 2.31.